The number of aromatic nitrogens is 1. The van der Waals surface area contributed by atoms with E-state index < -0.39 is 11.9 Å². The van der Waals surface area contributed by atoms with Crippen LogP contribution >= 0.6 is 0 Å². The number of amides is 1. The molecule has 0 unspecified atom stereocenters. The number of rotatable bonds is 1. The summed E-state index contributed by atoms with van der Waals surface area (Å²) in [5.41, 5.74) is 10.5. The molecule has 0 fully saturated rings. The second-order valence-electron chi connectivity index (χ2n) is 3.24. The van der Waals surface area contributed by atoms with Gasteiger partial charge in [-0.2, -0.15) is 0 Å². The first-order valence-corrected chi connectivity index (χ1v) is 4.81. The van der Waals surface area contributed by atoms with Crippen molar-refractivity contribution in [1.82, 2.24) is 4.98 Å². The summed E-state index contributed by atoms with van der Waals surface area (Å²) in [6, 6.07) is 4.58. The van der Waals surface area contributed by atoms with E-state index >= 15 is 0 Å². The zero-order chi connectivity index (χ0) is 13.7. The largest absolute Gasteiger partial charge is 0.497 e. The van der Waals surface area contributed by atoms with E-state index in [-0.39, 0.29) is 5.52 Å². The molecule has 0 radical (unpaired) electrons. The van der Waals surface area contributed by atoms with Gasteiger partial charge in [0.25, 0.3) is 0 Å². The molecular formula is C11H12FN3O3. The van der Waals surface area contributed by atoms with E-state index in [1.807, 2.05) is 0 Å². The van der Waals surface area contributed by atoms with Gasteiger partial charge in [0.1, 0.15) is 11.3 Å². The molecule has 2 aromatic rings. The molecule has 18 heavy (non-hydrogen) atoms. The van der Waals surface area contributed by atoms with Crippen LogP contribution in [0.4, 0.5) is 14.9 Å². The molecule has 7 heteroatoms. The van der Waals surface area contributed by atoms with Crippen LogP contribution in [-0.4, -0.2) is 23.3 Å². The van der Waals surface area contributed by atoms with Crippen LogP contribution in [0.1, 0.15) is 0 Å². The van der Waals surface area contributed by atoms with E-state index in [2.05, 4.69) is 10.7 Å². The summed E-state index contributed by atoms with van der Waals surface area (Å²) in [6.07, 6.45) is 0.146. The molecular weight excluding hydrogens is 241 g/mol. The van der Waals surface area contributed by atoms with Crippen LogP contribution in [0.25, 0.3) is 10.9 Å². The van der Waals surface area contributed by atoms with Gasteiger partial charge in [0, 0.05) is 23.3 Å². The van der Waals surface area contributed by atoms with Gasteiger partial charge in [-0.05, 0) is 12.1 Å². The van der Waals surface area contributed by atoms with Crippen LogP contribution in [0.15, 0.2) is 24.4 Å². The van der Waals surface area contributed by atoms with Crippen LogP contribution < -0.4 is 16.2 Å². The molecule has 0 atom stereocenters. The van der Waals surface area contributed by atoms with Gasteiger partial charge in [0.05, 0.1) is 7.11 Å². The lowest BCUT2D eigenvalue weighted by molar-refractivity contribution is 0.205. The fourth-order valence-corrected chi connectivity index (χ4v) is 1.33. The Labute approximate surface area is 102 Å². The second-order valence-corrected chi connectivity index (χ2v) is 3.24. The molecule has 0 spiro atoms. The van der Waals surface area contributed by atoms with E-state index in [1.165, 1.54) is 19.4 Å². The highest BCUT2D eigenvalue weighted by Gasteiger charge is 2.07. The molecule has 0 saturated carbocycles. The van der Waals surface area contributed by atoms with Gasteiger partial charge in [-0.25, -0.2) is 9.18 Å². The quantitative estimate of drug-likeness (QED) is 0.714. The number of carbonyl (C=O) groups is 1. The van der Waals surface area contributed by atoms with Gasteiger partial charge < -0.3 is 21.3 Å². The number of nitrogens with two attached hydrogens (primary N) is 2. The number of anilines is 1. The highest BCUT2D eigenvalue weighted by molar-refractivity contribution is 5.91. The highest BCUT2D eigenvalue weighted by atomic mass is 19.1. The lowest BCUT2D eigenvalue weighted by atomic mass is 10.2. The van der Waals surface area contributed by atoms with Crippen molar-refractivity contribution in [3.8, 4) is 5.75 Å². The molecule has 0 saturated heterocycles. The van der Waals surface area contributed by atoms with Crippen LogP contribution in [-0.2, 0) is 0 Å². The van der Waals surface area contributed by atoms with Gasteiger partial charge >= 0.3 is 6.09 Å². The standard InChI is InChI=1S/C10H9FN2O.CH3NO2/c1-14-6-4-7-9(12)2-3-13-10(7)8(11)5-6;2-1(3)4/h2-5H,1H3,(H2,12,13);2H2,(H,3,4). The Morgan fingerprint density at radius 2 is 2.11 bits per heavy atom. The monoisotopic (exact) mass is 253 g/mol. The van der Waals surface area contributed by atoms with Crippen molar-refractivity contribution >= 4 is 22.7 Å². The summed E-state index contributed by atoms with van der Waals surface area (Å²) in [5.74, 6) is 0.0151. The number of primary amides is 1. The fraction of sp³-hybridized carbons (Fsp3) is 0.0909. The highest BCUT2D eigenvalue weighted by Crippen LogP contribution is 2.26. The summed E-state index contributed by atoms with van der Waals surface area (Å²) in [6.45, 7) is 0. The summed E-state index contributed by atoms with van der Waals surface area (Å²) < 4.78 is 18.4. The average Bonchev–Trinajstić information content (AvgIpc) is 2.29. The zero-order valence-electron chi connectivity index (χ0n) is 9.55. The summed E-state index contributed by atoms with van der Waals surface area (Å²) >= 11 is 0. The minimum absolute atomic E-state index is 0.269. The lowest BCUT2D eigenvalue weighted by Crippen LogP contribution is -2.03. The number of fused-ring (bicyclic) bond motifs is 1. The Hall–Kier alpha value is -2.57. The zero-order valence-corrected chi connectivity index (χ0v) is 9.55. The topological polar surface area (TPSA) is 111 Å². The number of nitrogen functional groups attached to an aromatic ring is 1. The molecule has 0 aliphatic heterocycles. The van der Waals surface area contributed by atoms with Crippen molar-refractivity contribution in [3.05, 3.63) is 30.2 Å². The molecule has 0 aliphatic rings. The van der Waals surface area contributed by atoms with Crippen molar-refractivity contribution in [2.45, 2.75) is 0 Å². The van der Waals surface area contributed by atoms with Crippen LogP contribution in [0.3, 0.4) is 0 Å². The third-order valence-corrected chi connectivity index (χ3v) is 2.04. The maximum absolute atomic E-state index is 13.4. The van der Waals surface area contributed by atoms with Gasteiger partial charge in [0.2, 0.25) is 0 Å². The predicted octanol–water partition coefficient (Wildman–Crippen LogP) is 1.59. The molecule has 0 aliphatic carbocycles. The Balaban J connectivity index is 0.000000357. The number of carboxylic acid groups (broad SMARTS) is 1. The summed E-state index contributed by atoms with van der Waals surface area (Å²) in [7, 11) is 1.48. The number of hydrogen-bond acceptors (Lipinski definition) is 4. The number of nitrogens with zero attached hydrogens (tertiary/aromatic N) is 1. The molecule has 2 rings (SSSR count). The molecule has 1 amide bonds. The van der Waals surface area contributed by atoms with Crippen LogP contribution in [0, 0.1) is 5.82 Å². The van der Waals surface area contributed by atoms with Crippen molar-refractivity contribution in [2.75, 3.05) is 12.8 Å². The van der Waals surface area contributed by atoms with E-state index in [4.69, 9.17) is 20.4 Å². The first-order chi connectivity index (χ1) is 8.45. The third-order valence-electron chi connectivity index (χ3n) is 2.04. The van der Waals surface area contributed by atoms with E-state index in [9.17, 15) is 4.39 Å². The van der Waals surface area contributed by atoms with Gasteiger partial charge in [-0.1, -0.05) is 0 Å². The molecule has 6 nitrogen and oxygen atoms in total. The maximum atomic E-state index is 13.4. The minimum atomic E-state index is -1.33. The first kappa shape index (κ1) is 13.5. The Bertz CT molecular complexity index is 571. The molecule has 1 aromatic carbocycles. The third kappa shape index (κ3) is 3.21. The number of benzene rings is 1. The minimum Gasteiger partial charge on any atom is -0.497 e. The SMILES string of the molecule is COc1cc(F)c2nccc(N)c2c1.NC(=O)O. The fourth-order valence-electron chi connectivity index (χ4n) is 1.33. The lowest BCUT2D eigenvalue weighted by Gasteiger charge is -2.05. The molecule has 1 heterocycles. The number of ether oxygens (including phenoxy) is 1. The molecule has 96 valence electrons. The molecule has 5 N–H and O–H groups in total. The van der Waals surface area contributed by atoms with Crippen molar-refractivity contribution in [3.63, 3.8) is 0 Å². The number of methoxy groups -OCH3 is 1. The summed E-state index contributed by atoms with van der Waals surface area (Å²) in [5, 5.41) is 7.77. The second kappa shape index (κ2) is 5.67. The van der Waals surface area contributed by atoms with Crippen molar-refractivity contribution in [2.24, 2.45) is 5.73 Å². The summed E-state index contributed by atoms with van der Waals surface area (Å²) in [4.78, 5) is 12.7. The Morgan fingerprint density at radius 1 is 1.50 bits per heavy atom. The molecule has 1 aromatic heterocycles. The van der Waals surface area contributed by atoms with Crippen LogP contribution in [0.2, 0.25) is 0 Å². The van der Waals surface area contributed by atoms with Crippen LogP contribution in [0.5, 0.6) is 5.75 Å². The van der Waals surface area contributed by atoms with E-state index in [0.717, 1.165) is 0 Å². The van der Waals surface area contributed by atoms with E-state index in [0.29, 0.717) is 16.8 Å². The van der Waals surface area contributed by atoms with E-state index in [1.54, 1.807) is 12.1 Å². The van der Waals surface area contributed by atoms with Crippen molar-refractivity contribution in [1.29, 1.82) is 0 Å². The predicted molar refractivity (Wildman–Crippen MR) is 64.9 cm³/mol. The van der Waals surface area contributed by atoms with Gasteiger partial charge in [-0.15, -0.1) is 0 Å². The normalized spacial score (nSPS) is 9.44. The first-order valence-electron chi connectivity index (χ1n) is 4.81. The van der Waals surface area contributed by atoms with Crippen molar-refractivity contribution < 1.29 is 19.0 Å². The van der Waals surface area contributed by atoms with Gasteiger partial charge in [-0.3, -0.25) is 4.98 Å². The maximum Gasteiger partial charge on any atom is 0.402 e. The number of hydrogen-bond donors (Lipinski definition) is 3. The Morgan fingerprint density at radius 3 is 2.67 bits per heavy atom. The number of pyridine rings is 1. The average molecular weight is 253 g/mol. The molecule has 0 bridgehead atoms. The van der Waals surface area contributed by atoms with Gasteiger partial charge in [0.15, 0.2) is 5.82 Å². The Kier molecular flexibility index (Phi) is 4.25. The smallest absolute Gasteiger partial charge is 0.402 e. The number of halogens is 1.